The molecular formula is C15H18N2O3. The van der Waals surface area contributed by atoms with E-state index in [1.54, 1.807) is 11.0 Å². The minimum Gasteiger partial charge on any atom is -0.478 e. The monoisotopic (exact) mass is 274 g/mol. The Bertz CT molecular complexity index is 540. The van der Waals surface area contributed by atoms with Crippen molar-refractivity contribution < 1.29 is 14.7 Å². The molecular weight excluding hydrogens is 256 g/mol. The van der Waals surface area contributed by atoms with Gasteiger partial charge in [-0.1, -0.05) is 24.3 Å². The van der Waals surface area contributed by atoms with Crippen LogP contribution in [0.2, 0.25) is 0 Å². The van der Waals surface area contributed by atoms with Gasteiger partial charge in [0.15, 0.2) is 0 Å². The Morgan fingerprint density at radius 3 is 2.90 bits per heavy atom. The van der Waals surface area contributed by atoms with E-state index in [4.69, 9.17) is 5.11 Å². The summed E-state index contributed by atoms with van der Waals surface area (Å²) in [6, 6.07) is 7.69. The number of carboxylic acids is 1. The third-order valence-electron chi connectivity index (χ3n) is 3.31. The molecule has 5 nitrogen and oxygen atoms in total. The lowest BCUT2D eigenvalue weighted by atomic mass is 10.1. The number of nitrogens with zero attached hydrogens (tertiary/aromatic N) is 2. The Morgan fingerprint density at radius 2 is 2.20 bits per heavy atom. The van der Waals surface area contributed by atoms with E-state index in [2.05, 4.69) is 4.90 Å². The third-order valence-corrected chi connectivity index (χ3v) is 3.31. The van der Waals surface area contributed by atoms with Crippen molar-refractivity contribution in [3.8, 4) is 0 Å². The van der Waals surface area contributed by atoms with E-state index in [1.165, 1.54) is 0 Å². The van der Waals surface area contributed by atoms with Crippen LogP contribution >= 0.6 is 0 Å². The second-order valence-electron chi connectivity index (χ2n) is 4.94. The molecule has 1 N–H and O–H groups in total. The zero-order chi connectivity index (χ0) is 14.5. The molecule has 0 unspecified atom stereocenters. The Hall–Kier alpha value is -2.14. The van der Waals surface area contributed by atoms with Crippen molar-refractivity contribution in [3.05, 3.63) is 41.5 Å². The number of hydrogen-bond donors (Lipinski definition) is 1. The summed E-state index contributed by atoms with van der Waals surface area (Å²) in [6.45, 7) is 2.74. The Kier molecular flexibility index (Phi) is 4.53. The number of hydrogen-bond acceptors (Lipinski definition) is 3. The molecule has 1 amide bonds. The first-order valence-corrected chi connectivity index (χ1v) is 6.51. The number of likely N-dealkylation sites (N-methyl/N-ethyl adjacent to an activating group) is 1. The minimum absolute atomic E-state index is 0.137. The van der Waals surface area contributed by atoms with E-state index in [0.29, 0.717) is 13.1 Å². The van der Waals surface area contributed by atoms with Gasteiger partial charge in [-0.3, -0.25) is 9.69 Å². The summed E-state index contributed by atoms with van der Waals surface area (Å²) < 4.78 is 0. The number of aliphatic carboxylic acids is 1. The van der Waals surface area contributed by atoms with Crippen molar-refractivity contribution in [2.45, 2.75) is 6.54 Å². The number of carbonyl (C=O) groups excluding carboxylic acids is 1. The summed E-state index contributed by atoms with van der Waals surface area (Å²) >= 11 is 0. The van der Waals surface area contributed by atoms with Gasteiger partial charge in [-0.2, -0.15) is 0 Å². The molecule has 1 aliphatic heterocycles. The van der Waals surface area contributed by atoms with Gasteiger partial charge in [-0.25, -0.2) is 4.79 Å². The normalized spacial score (nSPS) is 16.9. The van der Waals surface area contributed by atoms with Crippen molar-refractivity contribution in [2.75, 3.05) is 26.7 Å². The SMILES string of the molecule is CN1CCN(Cc2cccc(C=CC(=O)O)c2)CC1=O. The summed E-state index contributed by atoms with van der Waals surface area (Å²) in [6.07, 6.45) is 2.69. The van der Waals surface area contributed by atoms with Gasteiger partial charge in [0.1, 0.15) is 0 Å². The molecule has 1 aromatic carbocycles. The van der Waals surface area contributed by atoms with Gasteiger partial charge in [-0.15, -0.1) is 0 Å². The predicted octanol–water partition coefficient (Wildman–Crippen LogP) is 1.06. The standard InChI is InChI=1S/C15H18N2O3/c1-16-7-8-17(11-14(16)18)10-13-4-2-3-12(9-13)5-6-15(19)20/h2-6,9H,7-8,10-11H2,1H3,(H,19,20). The number of carboxylic acid groups (broad SMARTS) is 1. The molecule has 1 aliphatic rings. The van der Waals surface area contributed by atoms with E-state index < -0.39 is 5.97 Å². The molecule has 0 saturated carbocycles. The highest BCUT2D eigenvalue weighted by molar-refractivity contribution is 5.85. The van der Waals surface area contributed by atoms with Crippen molar-refractivity contribution >= 4 is 18.0 Å². The average molecular weight is 274 g/mol. The lowest BCUT2D eigenvalue weighted by molar-refractivity contribution is -0.134. The highest BCUT2D eigenvalue weighted by Gasteiger charge is 2.20. The number of amides is 1. The zero-order valence-electron chi connectivity index (χ0n) is 11.5. The van der Waals surface area contributed by atoms with Gasteiger partial charge in [0.2, 0.25) is 5.91 Å². The topological polar surface area (TPSA) is 60.9 Å². The van der Waals surface area contributed by atoms with E-state index in [-0.39, 0.29) is 5.91 Å². The largest absolute Gasteiger partial charge is 0.478 e. The van der Waals surface area contributed by atoms with Crippen LogP contribution < -0.4 is 0 Å². The van der Waals surface area contributed by atoms with Crippen molar-refractivity contribution in [1.29, 1.82) is 0 Å². The van der Waals surface area contributed by atoms with Crippen molar-refractivity contribution in [3.63, 3.8) is 0 Å². The van der Waals surface area contributed by atoms with Crippen LogP contribution in [0.1, 0.15) is 11.1 Å². The lowest BCUT2D eigenvalue weighted by Crippen LogP contribution is -2.47. The molecule has 0 atom stereocenters. The minimum atomic E-state index is -0.958. The fourth-order valence-electron chi connectivity index (χ4n) is 2.16. The Balaban J connectivity index is 2.01. The van der Waals surface area contributed by atoms with E-state index in [9.17, 15) is 9.59 Å². The molecule has 0 aliphatic carbocycles. The molecule has 0 bridgehead atoms. The summed E-state index contributed by atoms with van der Waals surface area (Å²) in [5, 5.41) is 8.62. The lowest BCUT2D eigenvalue weighted by Gasteiger charge is -2.31. The number of carbonyl (C=O) groups is 2. The summed E-state index contributed by atoms with van der Waals surface area (Å²) in [5.41, 5.74) is 1.93. The van der Waals surface area contributed by atoms with Gasteiger partial charge >= 0.3 is 5.97 Å². The average Bonchev–Trinajstić information content (AvgIpc) is 2.41. The van der Waals surface area contributed by atoms with Crippen molar-refractivity contribution in [1.82, 2.24) is 9.80 Å². The molecule has 1 heterocycles. The molecule has 1 aromatic rings. The van der Waals surface area contributed by atoms with Crippen LogP contribution in [-0.4, -0.2) is 53.5 Å². The van der Waals surface area contributed by atoms with Crippen LogP contribution in [0.15, 0.2) is 30.3 Å². The molecule has 0 radical (unpaired) electrons. The Morgan fingerprint density at radius 1 is 1.40 bits per heavy atom. The van der Waals surface area contributed by atoms with E-state index >= 15 is 0 Å². The van der Waals surface area contributed by atoms with Gasteiger partial charge in [0.25, 0.3) is 0 Å². The van der Waals surface area contributed by atoms with E-state index in [1.807, 2.05) is 31.3 Å². The van der Waals surface area contributed by atoms with Crippen molar-refractivity contribution in [2.24, 2.45) is 0 Å². The summed E-state index contributed by atoms with van der Waals surface area (Å²) in [5.74, 6) is -0.821. The van der Waals surface area contributed by atoms with Crippen LogP contribution in [0.4, 0.5) is 0 Å². The number of piperazine rings is 1. The quantitative estimate of drug-likeness (QED) is 0.834. The van der Waals surface area contributed by atoms with Gasteiger partial charge in [0, 0.05) is 32.8 Å². The van der Waals surface area contributed by atoms with Crippen LogP contribution in [-0.2, 0) is 16.1 Å². The molecule has 0 aromatic heterocycles. The molecule has 5 heteroatoms. The Labute approximate surface area is 118 Å². The number of benzene rings is 1. The van der Waals surface area contributed by atoms with Gasteiger partial charge in [-0.05, 0) is 17.2 Å². The second kappa shape index (κ2) is 6.34. The molecule has 1 fully saturated rings. The van der Waals surface area contributed by atoms with E-state index in [0.717, 1.165) is 30.3 Å². The molecule has 1 saturated heterocycles. The first-order chi connectivity index (χ1) is 9.54. The van der Waals surface area contributed by atoms with Crippen LogP contribution in [0.5, 0.6) is 0 Å². The first kappa shape index (κ1) is 14.3. The zero-order valence-corrected chi connectivity index (χ0v) is 11.5. The maximum Gasteiger partial charge on any atom is 0.328 e. The van der Waals surface area contributed by atoms with Crippen LogP contribution in [0.25, 0.3) is 6.08 Å². The second-order valence-corrected chi connectivity index (χ2v) is 4.94. The fraction of sp³-hybridized carbons (Fsp3) is 0.333. The molecule has 0 spiro atoms. The molecule has 106 valence electrons. The van der Waals surface area contributed by atoms with Crippen LogP contribution in [0.3, 0.4) is 0 Å². The number of rotatable bonds is 4. The third kappa shape index (κ3) is 3.93. The maximum absolute atomic E-state index is 11.6. The first-order valence-electron chi connectivity index (χ1n) is 6.51. The fourth-order valence-corrected chi connectivity index (χ4v) is 2.16. The highest BCUT2D eigenvalue weighted by atomic mass is 16.4. The maximum atomic E-state index is 11.6. The predicted molar refractivity (Wildman–Crippen MR) is 76.0 cm³/mol. The van der Waals surface area contributed by atoms with Gasteiger partial charge in [0.05, 0.1) is 6.54 Å². The smallest absolute Gasteiger partial charge is 0.328 e. The van der Waals surface area contributed by atoms with Crippen LogP contribution in [0, 0.1) is 0 Å². The summed E-state index contributed by atoms with van der Waals surface area (Å²) in [4.78, 5) is 26.0. The molecule has 20 heavy (non-hydrogen) atoms. The van der Waals surface area contributed by atoms with Gasteiger partial charge < -0.3 is 10.0 Å². The summed E-state index contributed by atoms with van der Waals surface area (Å²) in [7, 11) is 1.82. The molecule has 2 rings (SSSR count). The highest BCUT2D eigenvalue weighted by Crippen LogP contribution is 2.11.